The van der Waals surface area contributed by atoms with Gasteiger partial charge in [-0.2, -0.15) is 0 Å². The Balaban J connectivity index is 1.81. The van der Waals surface area contributed by atoms with Crippen LogP contribution in [0.3, 0.4) is 0 Å². The van der Waals surface area contributed by atoms with Crippen molar-refractivity contribution in [2.45, 2.75) is 31.4 Å². The van der Waals surface area contributed by atoms with Crippen LogP contribution in [0.5, 0.6) is 0 Å². The Labute approximate surface area is 115 Å². The van der Waals surface area contributed by atoms with Gasteiger partial charge in [-0.1, -0.05) is 6.07 Å². The lowest BCUT2D eigenvalue weighted by Crippen LogP contribution is -2.48. The molecule has 1 heterocycles. The number of hydrogen-bond donors (Lipinski definition) is 2. The van der Waals surface area contributed by atoms with Crippen molar-refractivity contribution in [3.8, 4) is 0 Å². The second kappa shape index (κ2) is 6.76. The Bertz CT molecular complexity index is 481. The number of benzene rings is 1. The highest BCUT2D eigenvalue weighted by molar-refractivity contribution is 5.76. The Morgan fingerprint density at radius 1 is 1.40 bits per heavy atom. The predicted octanol–water partition coefficient (Wildman–Crippen LogP) is 1.16. The van der Waals surface area contributed by atoms with Crippen molar-refractivity contribution in [3.63, 3.8) is 0 Å². The van der Waals surface area contributed by atoms with E-state index in [9.17, 15) is 18.7 Å². The summed E-state index contributed by atoms with van der Waals surface area (Å²) in [5.41, 5.74) is 0.562. The number of ether oxygens (including phenoxy) is 1. The maximum absolute atomic E-state index is 13.0. The molecule has 2 N–H and O–H groups in total. The number of carbonyl (C=O) groups is 1. The van der Waals surface area contributed by atoms with Gasteiger partial charge >= 0.3 is 0 Å². The fourth-order valence-corrected chi connectivity index (χ4v) is 2.12. The number of nitrogens with one attached hydrogen (secondary N) is 1. The molecule has 0 saturated carbocycles. The molecule has 0 unspecified atom stereocenters. The second-order valence-corrected chi connectivity index (χ2v) is 4.85. The minimum Gasteiger partial charge on any atom is -0.389 e. The number of carbonyl (C=O) groups excluding carboxylic acids is 1. The molecule has 20 heavy (non-hydrogen) atoms. The highest BCUT2D eigenvalue weighted by atomic mass is 19.2. The summed E-state index contributed by atoms with van der Waals surface area (Å²) in [6.07, 6.45) is 0.353. The maximum Gasteiger partial charge on any atom is 0.220 e. The van der Waals surface area contributed by atoms with Gasteiger partial charge in [-0.25, -0.2) is 8.78 Å². The van der Waals surface area contributed by atoms with Crippen LogP contribution in [0.1, 0.15) is 18.4 Å². The number of aryl methyl sites for hydroxylation is 1. The van der Waals surface area contributed by atoms with Gasteiger partial charge in [-0.3, -0.25) is 4.79 Å². The molecule has 0 aromatic heterocycles. The summed E-state index contributed by atoms with van der Waals surface area (Å²) >= 11 is 0. The second-order valence-electron chi connectivity index (χ2n) is 4.85. The van der Waals surface area contributed by atoms with Crippen molar-refractivity contribution in [2.75, 3.05) is 13.2 Å². The normalized spacial score (nSPS) is 22.6. The monoisotopic (exact) mass is 285 g/mol. The van der Waals surface area contributed by atoms with Crippen LogP contribution in [0.2, 0.25) is 0 Å². The van der Waals surface area contributed by atoms with Gasteiger partial charge in [0, 0.05) is 13.0 Å². The van der Waals surface area contributed by atoms with Gasteiger partial charge in [0.05, 0.1) is 18.8 Å². The summed E-state index contributed by atoms with van der Waals surface area (Å²) in [4.78, 5) is 11.8. The summed E-state index contributed by atoms with van der Waals surface area (Å²) in [5, 5.41) is 12.4. The molecule has 1 amide bonds. The van der Waals surface area contributed by atoms with Crippen LogP contribution in [0.25, 0.3) is 0 Å². The molecule has 1 fully saturated rings. The summed E-state index contributed by atoms with van der Waals surface area (Å²) in [6.45, 7) is 0.722. The molecule has 0 radical (unpaired) electrons. The van der Waals surface area contributed by atoms with Crippen LogP contribution in [0.4, 0.5) is 8.78 Å². The first-order valence-electron chi connectivity index (χ1n) is 6.55. The smallest absolute Gasteiger partial charge is 0.220 e. The van der Waals surface area contributed by atoms with E-state index in [2.05, 4.69) is 5.32 Å². The van der Waals surface area contributed by atoms with E-state index < -0.39 is 17.7 Å². The molecule has 1 aromatic rings. The van der Waals surface area contributed by atoms with Crippen molar-refractivity contribution < 1.29 is 23.4 Å². The van der Waals surface area contributed by atoms with E-state index in [0.29, 0.717) is 25.0 Å². The molecule has 6 heteroatoms. The summed E-state index contributed by atoms with van der Waals surface area (Å²) in [7, 11) is 0. The van der Waals surface area contributed by atoms with Gasteiger partial charge < -0.3 is 15.2 Å². The summed E-state index contributed by atoms with van der Waals surface area (Å²) in [5.74, 6) is -2.04. The number of rotatable bonds is 4. The zero-order valence-electron chi connectivity index (χ0n) is 10.9. The lowest BCUT2D eigenvalue weighted by Gasteiger charge is -2.28. The summed E-state index contributed by atoms with van der Waals surface area (Å²) in [6, 6.07) is 3.28. The quantitative estimate of drug-likeness (QED) is 0.873. The lowest BCUT2D eigenvalue weighted by atomic mass is 10.1. The highest BCUT2D eigenvalue weighted by Gasteiger charge is 2.24. The Morgan fingerprint density at radius 2 is 2.20 bits per heavy atom. The number of hydrogen-bond acceptors (Lipinski definition) is 3. The molecule has 110 valence electrons. The zero-order valence-corrected chi connectivity index (χ0v) is 10.9. The van der Waals surface area contributed by atoms with Crippen LogP contribution < -0.4 is 5.32 Å². The van der Waals surface area contributed by atoms with E-state index in [4.69, 9.17) is 4.74 Å². The summed E-state index contributed by atoms with van der Waals surface area (Å²) < 4.78 is 30.8. The predicted molar refractivity (Wildman–Crippen MR) is 68.1 cm³/mol. The minimum absolute atomic E-state index is 0.162. The third-order valence-corrected chi connectivity index (χ3v) is 3.30. The fourth-order valence-electron chi connectivity index (χ4n) is 2.12. The molecule has 1 aliphatic rings. The average Bonchev–Trinajstić information content (AvgIpc) is 2.43. The van der Waals surface area contributed by atoms with Gasteiger partial charge in [-0.05, 0) is 30.5 Å². The molecule has 4 nitrogen and oxygen atoms in total. The van der Waals surface area contributed by atoms with Crippen molar-refractivity contribution in [3.05, 3.63) is 35.4 Å². The standard InChI is InChI=1S/C14H17F2NO3/c15-10-3-1-9(7-11(10)16)2-4-14(19)17-12-5-6-20-8-13(12)18/h1,3,7,12-13,18H,2,4-6,8H2,(H,17,19)/t12-,13-/m1/s1. The zero-order chi connectivity index (χ0) is 14.5. The number of aliphatic hydroxyl groups is 1. The molecular formula is C14H17F2NO3. The van der Waals surface area contributed by atoms with Crippen LogP contribution >= 0.6 is 0 Å². The van der Waals surface area contributed by atoms with Gasteiger partial charge in [0.25, 0.3) is 0 Å². The fraction of sp³-hybridized carbons (Fsp3) is 0.500. The van der Waals surface area contributed by atoms with E-state index in [-0.39, 0.29) is 25.0 Å². The molecule has 1 saturated heterocycles. The Kier molecular flexibility index (Phi) is 5.03. The van der Waals surface area contributed by atoms with Gasteiger partial charge in [-0.15, -0.1) is 0 Å². The van der Waals surface area contributed by atoms with Crippen molar-refractivity contribution in [1.29, 1.82) is 0 Å². The Morgan fingerprint density at radius 3 is 2.90 bits per heavy atom. The average molecular weight is 285 g/mol. The molecule has 0 bridgehead atoms. The number of halogens is 2. The van der Waals surface area contributed by atoms with Crippen molar-refractivity contribution >= 4 is 5.91 Å². The molecular weight excluding hydrogens is 268 g/mol. The van der Waals surface area contributed by atoms with Gasteiger partial charge in [0.1, 0.15) is 0 Å². The van der Waals surface area contributed by atoms with Crippen LogP contribution in [0.15, 0.2) is 18.2 Å². The van der Waals surface area contributed by atoms with Crippen molar-refractivity contribution in [1.82, 2.24) is 5.32 Å². The van der Waals surface area contributed by atoms with Crippen LogP contribution in [0, 0.1) is 11.6 Å². The maximum atomic E-state index is 13.0. The van der Waals surface area contributed by atoms with Crippen LogP contribution in [-0.2, 0) is 16.0 Å². The third kappa shape index (κ3) is 3.98. The minimum atomic E-state index is -0.914. The molecule has 0 spiro atoms. The van der Waals surface area contributed by atoms with E-state index in [1.54, 1.807) is 0 Å². The molecule has 1 aliphatic heterocycles. The first-order chi connectivity index (χ1) is 9.56. The largest absolute Gasteiger partial charge is 0.389 e. The topological polar surface area (TPSA) is 58.6 Å². The first-order valence-corrected chi connectivity index (χ1v) is 6.55. The molecule has 2 atom stereocenters. The van der Waals surface area contributed by atoms with Crippen molar-refractivity contribution in [2.24, 2.45) is 0 Å². The van der Waals surface area contributed by atoms with E-state index >= 15 is 0 Å². The first kappa shape index (κ1) is 14.9. The lowest BCUT2D eigenvalue weighted by molar-refractivity contribution is -0.124. The third-order valence-electron chi connectivity index (χ3n) is 3.30. The molecule has 1 aromatic carbocycles. The SMILES string of the molecule is O=C(CCc1ccc(F)c(F)c1)N[C@@H]1CCOC[C@H]1O. The van der Waals surface area contributed by atoms with Gasteiger partial charge in [0.15, 0.2) is 11.6 Å². The molecule has 0 aliphatic carbocycles. The van der Waals surface area contributed by atoms with Gasteiger partial charge in [0.2, 0.25) is 5.91 Å². The highest BCUT2D eigenvalue weighted by Crippen LogP contribution is 2.11. The Hall–Kier alpha value is -1.53. The number of amides is 1. The van der Waals surface area contributed by atoms with Crippen LogP contribution in [-0.4, -0.2) is 36.4 Å². The van der Waals surface area contributed by atoms with E-state index in [0.717, 1.165) is 12.1 Å². The number of aliphatic hydroxyl groups excluding tert-OH is 1. The van der Waals surface area contributed by atoms with E-state index in [1.807, 2.05) is 0 Å². The molecule has 2 rings (SSSR count). The van der Waals surface area contributed by atoms with E-state index in [1.165, 1.54) is 6.07 Å².